The van der Waals surface area contributed by atoms with E-state index >= 15 is 0 Å². The number of nitrogens with zero attached hydrogens (tertiary/aromatic N) is 4. The van der Waals surface area contributed by atoms with Crippen molar-refractivity contribution in [3.05, 3.63) is 40.7 Å². The van der Waals surface area contributed by atoms with E-state index in [4.69, 9.17) is 16.3 Å². The van der Waals surface area contributed by atoms with Crippen molar-refractivity contribution in [3.63, 3.8) is 0 Å². The Morgan fingerprint density at radius 2 is 1.92 bits per heavy atom. The van der Waals surface area contributed by atoms with Crippen molar-refractivity contribution in [1.29, 1.82) is 0 Å². The van der Waals surface area contributed by atoms with Gasteiger partial charge in [-0.15, -0.1) is 0 Å². The largest absolute Gasteiger partial charge is 0.492 e. The number of anilines is 1. The molecule has 0 radical (unpaired) electrons. The Morgan fingerprint density at radius 3 is 2.52 bits per heavy atom. The number of ether oxygens (including phenoxy) is 1. The van der Waals surface area contributed by atoms with Crippen molar-refractivity contribution >= 4 is 23.2 Å². The number of aryl methyl sites for hydroxylation is 1. The van der Waals surface area contributed by atoms with Gasteiger partial charge in [0.15, 0.2) is 5.69 Å². The summed E-state index contributed by atoms with van der Waals surface area (Å²) in [5.41, 5.74) is 2.21. The molecule has 0 atom stereocenters. The third kappa shape index (κ3) is 3.44. The van der Waals surface area contributed by atoms with Crippen LogP contribution in [0, 0.1) is 6.92 Å². The van der Waals surface area contributed by atoms with Gasteiger partial charge in [-0.2, -0.15) is 5.10 Å². The van der Waals surface area contributed by atoms with Gasteiger partial charge >= 0.3 is 0 Å². The first-order valence-corrected chi connectivity index (χ1v) is 8.85. The van der Waals surface area contributed by atoms with Crippen molar-refractivity contribution in [2.24, 2.45) is 7.05 Å². The molecule has 1 aliphatic heterocycles. The van der Waals surface area contributed by atoms with E-state index in [2.05, 4.69) is 16.1 Å². The highest BCUT2D eigenvalue weighted by atomic mass is 35.5. The molecule has 1 saturated heterocycles. The highest BCUT2D eigenvalue weighted by Gasteiger charge is 2.27. The molecule has 1 fully saturated rings. The van der Waals surface area contributed by atoms with Gasteiger partial charge in [0.1, 0.15) is 5.75 Å². The Labute approximate surface area is 152 Å². The van der Waals surface area contributed by atoms with Crippen LogP contribution in [0.3, 0.4) is 0 Å². The van der Waals surface area contributed by atoms with E-state index < -0.39 is 0 Å². The van der Waals surface area contributed by atoms with Crippen LogP contribution in [0.5, 0.6) is 5.75 Å². The SMILES string of the molecule is CCOc1ccccc1N1CCN(C(=O)c2nn(C)c(C)c2Cl)CC1. The monoisotopic (exact) mass is 362 g/mol. The number of para-hydroxylation sites is 2. The number of amides is 1. The van der Waals surface area contributed by atoms with E-state index in [0.29, 0.717) is 30.4 Å². The molecule has 6 nitrogen and oxygen atoms in total. The molecule has 0 saturated carbocycles. The second kappa shape index (κ2) is 7.35. The topological polar surface area (TPSA) is 50.6 Å². The summed E-state index contributed by atoms with van der Waals surface area (Å²) in [5.74, 6) is 0.777. The van der Waals surface area contributed by atoms with Gasteiger partial charge in [0, 0.05) is 33.2 Å². The van der Waals surface area contributed by atoms with E-state index in [1.54, 1.807) is 11.7 Å². The van der Waals surface area contributed by atoms with Gasteiger partial charge < -0.3 is 14.5 Å². The highest BCUT2D eigenvalue weighted by Crippen LogP contribution is 2.29. The van der Waals surface area contributed by atoms with E-state index in [-0.39, 0.29) is 5.91 Å². The molecule has 2 heterocycles. The number of rotatable bonds is 4. The number of carbonyl (C=O) groups excluding carboxylic acids is 1. The number of piperazine rings is 1. The zero-order chi connectivity index (χ0) is 18.0. The lowest BCUT2D eigenvalue weighted by Crippen LogP contribution is -2.49. The summed E-state index contributed by atoms with van der Waals surface area (Å²) in [5, 5.41) is 4.70. The molecular weight excluding hydrogens is 340 g/mol. The van der Waals surface area contributed by atoms with Gasteiger partial charge in [0.05, 0.1) is 23.0 Å². The molecule has 134 valence electrons. The Kier molecular flexibility index (Phi) is 5.18. The standard InChI is InChI=1S/C18H23ClN4O2/c1-4-25-15-8-6-5-7-14(15)22-9-11-23(12-10-22)18(24)17-16(19)13(2)21(3)20-17/h5-8H,4,9-12H2,1-3H3. The summed E-state index contributed by atoms with van der Waals surface area (Å²) in [7, 11) is 1.79. The lowest BCUT2D eigenvalue weighted by Gasteiger charge is -2.36. The van der Waals surface area contributed by atoms with Crippen LogP contribution in [0.25, 0.3) is 0 Å². The van der Waals surface area contributed by atoms with E-state index in [9.17, 15) is 4.79 Å². The van der Waals surface area contributed by atoms with Crippen LogP contribution >= 0.6 is 11.6 Å². The zero-order valence-corrected chi connectivity index (χ0v) is 15.6. The van der Waals surface area contributed by atoms with Gasteiger partial charge in [-0.05, 0) is 26.0 Å². The van der Waals surface area contributed by atoms with Gasteiger partial charge in [-0.1, -0.05) is 23.7 Å². The molecule has 1 aromatic heterocycles. The lowest BCUT2D eigenvalue weighted by molar-refractivity contribution is 0.0740. The normalized spacial score (nSPS) is 14.7. The second-order valence-electron chi connectivity index (χ2n) is 6.05. The molecule has 2 aromatic rings. The molecule has 1 amide bonds. The Balaban J connectivity index is 1.70. The molecule has 1 aromatic carbocycles. The van der Waals surface area contributed by atoms with Crippen LogP contribution in [0.2, 0.25) is 5.02 Å². The zero-order valence-electron chi connectivity index (χ0n) is 14.8. The maximum absolute atomic E-state index is 12.7. The summed E-state index contributed by atoms with van der Waals surface area (Å²) >= 11 is 6.25. The summed E-state index contributed by atoms with van der Waals surface area (Å²) in [6, 6.07) is 8.01. The van der Waals surface area contributed by atoms with Gasteiger partial charge in [-0.25, -0.2) is 0 Å². The summed E-state index contributed by atoms with van der Waals surface area (Å²) < 4.78 is 7.36. The fraction of sp³-hybridized carbons (Fsp3) is 0.444. The predicted molar refractivity (Wildman–Crippen MR) is 98.7 cm³/mol. The third-order valence-electron chi connectivity index (χ3n) is 4.54. The van der Waals surface area contributed by atoms with Crippen LogP contribution in [-0.2, 0) is 7.05 Å². The molecule has 0 unspecified atom stereocenters. The number of benzene rings is 1. The summed E-state index contributed by atoms with van der Waals surface area (Å²) in [6.07, 6.45) is 0. The maximum atomic E-state index is 12.7. The Morgan fingerprint density at radius 1 is 1.24 bits per heavy atom. The van der Waals surface area contributed by atoms with Crippen LogP contribution in [0.1, 0.15) is 23.1 Å². The second-order valence-corrected chi connectivity index (χ2v) is 6.43. The molecule has 0 spiro atoms. The van der Waals surface area contributed by atoms with Crippen molar-refractivity contribution < 1.29 is 9.53 Å². The Hall–Kier alpha value is -2.21. The van der Waals surface area contributed by atoms with E-state index in [0.717, 1.165) is 30.2 Å². The first-order chi connectivity index (χ1) is 12.0. The predicted octanol–water partition coefficient (Wildman–Crippen LogP) is 2.74. The van der Waals surface area contributed by atoms with Crippen molar-refractivity contribution in [2.75, 3.05) is 37.7 Å². The smallest absolute Gasteiger partial charge is 0.276 e. The molecular formula is C18H23ClN4O2. The first kappa shape index (κ1) is 17.6. The Bertz CT molecular complexity index is 766. The molecule has 25 heavy (non-hydrogen) atoms. The fourth-order valence-electron chi connectivity index (χ4n) is 3.02. The number of carbonyl (C=O) groups is 1. The van der Waals surface area contributed by atoms with E-state index in [1.807, 2.05) is 36.9 Å². The van der Waals surface area contributed by atoms with E-state index in [1.165, 1.54) is 0 Å². The molecule has 7 heteroatoms. The molecule has 3 rings (SSSR count). The quantitative estimate of drug-likeness (QED) is 0.839. The minimum absolute atomic E-state index is 0.105. The van der Waals surface area contributed by atoms with Crippen LogP contribution in [-0.4, -0.2) is 53.4 Å². The van der Waals surface area contributed by atoms with Crippen LogP contribution < -0.4 is 9.64 Å². The number of halogens is 1. The molecule has 0 aliphatic carbocycles. The van der Waals surface area contributed by atoms with Gasteiger partial charge in [0.2, 0.25) is 0 Å². The highest BCUT2D eigenvalue weighted by molar-refractivity contribution is 6.34. The van der Waals surface area contributed by atoms with Crippen molar-refractivity contribution in [2.45, 2.75) is 13.8 Å². The average Bonchev–Trinajstić information content (AvgIpc) is 2.89. The lowest BCUT2D eigenvalue weighted by atomic mass is 10.2. The summed E-state index contributed by atoms with van der Waals surface area (Å²) in [6.45, 7) is 7.22. The minimum Gasteiger partial charge on any atom is -0.492 e. The first-order valence-electron chi connectivity index (χ1n) is 8.48. The maximum Gasteiger partial charge on any atom is 0.276 e. The molecule has 1 aliphatic rings. The van der Waals surface area contributed by atoms with Gasteiger partial charge in [-0.3, -0.25) is 9.48 Å². The van der Waals surface area contributed by atoms with Gasteiger partial charge in [0.25, 0.3) is 5.91 Å². The number of hydrogen-bond acceptors (Lipinski definition) is 4. The number of hydrogen-bond donors (Lipinski definition) is 0. The fourth-order valence-corrected chi connectivity index (χ4v) is 3.26. The molecule has 0 bridgehead atoms. The average molecular weight is 363 g/mol. The minimum atomic E-state index is -0.105. The summed E-state index contributed by atoms with van der Waals surface area (Å²) in [4.78, 5) is 16.8. The molecule has 0 N–H and O–H groups in total. The van der Waals surface area contributed by atoms with Crippen LogP contribution in [0.4, 0.5) is 5.69 Å². The van der Waals surface area contributed by atoms with Crippen LogP contribution in [0.15, 0.2) is 24.3 Å². The number of aromatic nitrogens is 2. The third-order valence-corrected chi connectivity index (χ3v) is 4.99. The van der Waals surface area contributed by atoms with Crippen molar-refractivity contribution in [3.8, 4) is 5.75 Å². The van der Waals surface area contributed by atoms with Crippen molar-refractivity contribution in [1.82, 2.24) is 14.7 Å².